The molecule has 140 valence electrons. The topological polar surface area (TPSA) is 27.6 Å². The largest absolute Gasteiger partial charge is 1.00 e. The summed E-state index contributed by atoms with van der Waals surface area (Å²) in [4.78, 5) is 8.45. The summed E-state index contributed by atoms with van der Waals surface area (Å²) in [7, 11) is 4.52. The van der Waals surface area contributed by atoms with Gasteiger partial charge in [0.2, 0.25) is 0 Å². The number of hydrogen-bond donors (Lipinski definition) is 1. The third-order valence-electron chi connectivity index (χ3n) is 5.11. The second-order valence-electron chi connectivity index (χ2n) is 7.51. The number of benzene rings is 1. The van der Waals surface area contributed by atoms with Crippen molar-refractivity contribution in [3.63, 3.8) is 0 Å². The number of nitrogens with zero attached hydrogens (tertiary/aromatic N) is 3. The van der Waals surface area contributed by atoms with Gasteiger partial charge in [0.25, 0.3) is 0 Å². The van der Waals surface area contributed by atoms with E-state index in [2.05, 4.69) is 37.3 Å². The second-order valence-corrected chi connectivity index (χ2v) is 8.77. The molecule has 4 rings (SSSR count). The van der Waals surface area contributed by atoms with Crippen LogP contribution in [0.3, 0.4) is 0 Å². The van der Waals surface area contributed by atoms with Crippen LogP contribution in [0.25, 0.3) is 0 Å². The summed E-state index contributed by atoms with van der Waals surface area (Å²) in [6, 6.07) is 8.83. The highest BCUT2D eigenvalue weighted by molar-refractivity contribution is 7.16. The lowest BCUT2D eigenvalue weighted by molar-refractivity contribution is -0.894. The molecule has 0 radical (unpaired) electrons. The van der Waals surface area contributed by atoms with Crippen LogP contribution in [0.2, 0.25) is 0 Å². The zero-order valence-electron chi connectivity index (χ0n) is 15.3. The van der Waals surface area contributed by atoms with Gasteiger partial charge in [-0.2, -0.15) is 0 Å². The average Bonchev–Trinajstić information content (AvgIpc) is 2.95. The molecule has 3 heterocycles. The molecule has 1 saturated heterocycles. The standard InChI is InChI=1S/C19H24FN4S.HI/c1-13-12-15-17(14-6-4-5-7-16(14)20)21-19(22-18(15)25-13)23-8-10-24(2,3)11-9-23;/h4-7,12,17H,8-11H2,1-3H3,(H,21,22);1H/q+1;/p-1. The van der Waals surface area contributed by atoms with Crippen molar-refractivity contribution in [3.8, 4) is 0 Å². The average molecular weight is 486 g/mol. The summed E-state index contributed by atoms with van der Waals surface area (Å²) in [6.45, 7) is 6.18. The molecular formula is C19H24FIN4S. The Balaban J connectivity index is 0.00000196. The third-order valence-corrected chi connectivity index (χ3v) is 6.09. The highest BCUT2D eigenvalue weighted by Crippen LogP contribution is 2.41. The van der Waals surface area contributed by atoms with Crippen LogP contribution in [0.4, 0.5) is 9.39 Å². The van der Waals surface area contributed by atoms with Gasteiger partial charge < -0.3 is 38.7 Å². The van der Waals surface area contributed by atoms with Crippen molar-refractivity contribution < 1.29 is 32.9 Å². The van der Waals surface area contributed by atoms with Gasteiger partial charge >= 0.3 is 0 Å². The Kier molecular flexibility index (Phi) is 5.60. The van der Waals surface area contributed by atoms with E-state index in [0.29, 0.717) is 5.56 Å². The number of quaternary nitrogens is 1. The van der Waals surface area contributed by atoms with E-state index in [1.165, 1.54) is 10.9 Å². The maximum absolute atomic E-state index is 14.4. The summed E-state index contributed by atoms with van der Waals surface area (Å²) >= 11 is 1.72. The zero-order valence-corrected chi connectivity index (χ0v) is 18.3. The molecule has 1 aromatic heterocycles. The monoisotopic (exact) mass is 486 g/mol. The minimum Gasteiger partial charge on any atom is -1.00 e. The van der Waals surface area contributed by atoms with Crippen LogP contribution in [0.5, 0.6) is 0 Å². The number of rotatable bonds is 1. The first-order chi connectivity index (χ1) is 11.9. The van der Waals surface area contributed by atoms with Gasteiger partial charge in [-0.3, -0.25) is 0 Å². The smallest absolute Gasteiger partial charge is 0.200 e. The lowest BCUT2D eigenvalue weighted by atomic mass is 9.99. The molecule has 4 nitrogen and oxygen atoms in total. The Morgan fingerprint density at radius 3 is 2.58 bits per heavy atom. The van der Waals surface area contributed by atoms with Crippen molar-refractivity contribution in [3.05, 3.63) is 52.2 Å². The minimum absolute atomic E-state index is 0. The Hall–Kier alpha value is -1.19. The number of halogens is 2. The minimum atomic E-state index is -0.276. The number of hydrogen-bond acceptors (Lipinski definition) is 4. The van der Waals surface area contributed by atoms with Crippen molar-refractivity contribution in [1.29, 1.82) is 0 Å². The predicted molar refractivity (Wildman–Crippen MR) is 102 cm³/mol. The lowest BCUT2D eigenvalue weighted by Gasteiger charge is -2.41. The Morgan fingerprint density at radius 2 is 1.88 bits per heavy atom. The molecule has 0 saturated carbocycles. The maximum Gasteiger partial charge on any atom is 0.200 e. The van der Waals surface area contributed by atoms with E-state index in [1.54, 1.807) is 17.4 Å². The van der Waals surface area contributed by atoms with Gasteiger partial charge in [0.05, 0.1) is 40.3 Å². The SMILES string of the molecule is Cc1cc2c(s1)NC(N1CC[N+](C)(C)CC1)=NC2c1ccccc1F.[I-]. The van der Waals surface area contributed by atoms with Gasteiger partial charge in [-0.15, -0.1) is 11.3 Å². The third kappa shape index (κ3) is 3.75. The molecule has 0 bridgehead atoms. The van der Waals surface area contributed by atoms with Crippen molar-refractivity contribution in [2.24, 2.45) is 4.99 Å². The highest BCUT2D eigenvalue weighted by Gasteiger charge is 2.32. The van der Waals surface area contributed by atoms with Crippen LogP contribution in [0.15, 0.2) is 35.3 Å². The fraction of sp³-hybridized carbons (Fsp3) is 0.421. The van der Waals surface area contributed by atoms with Gasteiger partial charge in [-0.25, -0.2) is 9.38 Å². The Morgan fingerprint density at radius 1 is 1.19 bits per heavy atom. The van der Waals surface area contributed by atoms with Crippen molar-refractivity contribution in [2.45, 2.75) is 13.0 Å². The van der Waals surface area contributed by atoms with Gasteiger partial charge in [0.15, 0.2) is 5.96 Å². The second kappa shape index (κ2) is 7.44. The normalized spacial score (nSPS) is 21.3. The molecule has 0 amide bonds. The van der Waals surface area contributed by atoms with Gasteiger partial charge in [0.1, 0.15) is 16.9 Å². The van der Waals surface area contributed by atoms with Gasteiger partial charge in [0, 0.05) is 16.0 Å². The molecule has 1 unspecified atom stereocenters. The number of anilines is 1. The van der Waals surface area contributed by atoms with Gasteiger partial charge in [-0.05, 0) is 19.1 Å². The first-order valence-corrected chi connectivity index (χ1v) is 9.51. The van der Waals surface area contributed by atoms with Crippen LogP contribution in [0, 0.1) is 12.7 Å². The van der Waals surface area contributed by atoms with Crippen molar-refractivity contribution in [2.75, 3.05) is 45.6 Å². The highest BCUT2D eigenvalue weighted by atomic mass is 127. The van der Waals surface area contributed by atoms with E-state index in [0.717, 1.165) is 47.2 Å². The molecule has 2 aromatic rings. The summed E-state index contributed by atoms with van der Waals surface area (Å²) < 4.78 is 15.5. The van der Waals surface area contributed by atoms with E-state index < -0.39 is 0 Å². The molecule has 7 heteroatoms. The first-order valence-electron chi connectivity index (χ1n) is 8.69. The van der Waals surface area contributed by atoms with E-state index in [9.17, 15) is 4.39 Å². The van der Waals surface area contributed by atoms with Crippen LogP contribution >= 0.6 is 11.3 Å². The number of guanidine groups is 1. The molecule has 0 spiro atoms. The van der Waals surface area contributed by atoms with Crippen LogP contribution in [-0.4, -0.2) is 55.6 Å². The van der Waals surface area contributed by atoms with Crippen molar-refractivity contribution in [1.82, 2.24) is 4.90 Å². The first kappa shape index (κ1) is 19.6. The fourth-order valence-electron chi connectivity index (χ4n) is 3.47. The zero-order chi connectivity index (χ0) is 17.6. The summed E-state index contributed by atoms with van der Waals surface area (Å²) in [5, 5.41) is 4.59. The van der Waals surface area contributed by atoms with E-state index in [-0.39, 0.29) is 35.8 Å². The van der Waals surface area contributed by atoms with E-state index in [4.69, 9.17) is 4.99 Å². The number of thiophene rings is 1. The molecule has 1 aromatic carbocycles. The summed E-state index contributed by atoms with van der Waals surface area (Å²) in [5.41, 5.74) is 1.72. The molecule has 2 aliphatic rings. The molecule has 26 heavy (non-hydrogen) atoms. The Labute approximate surface area is 175 Å². The molecule has 1 atom stereocenters. The summed E-state index contributed by atoms with van der Waals surface area (Å²) in [5.74, 6) is 0.686. The Bertz CT molecular complexity index is 823. The number of fused-ring (bicyclic) bond motifs is 1. The fourth-order valence-corrected chi connectivity index (χ4v) is 4.41. The number of aryl methyl sites for hydroxylation is 1. The maximum atomic E-state index is 14.4. The lowest BCUT2D eigenvalue weighted by Crippen LogP contribution is -3.00. The molecule has 1 N–H and O–H groups in total. The predicted octanol–water partition coefficient (Wildman–Crippen LogP) is 0.463. The quantitative estimate of drug-likeness (QED) is 0.469. The number of piperazine rings is 1. The summed E-state index contributed by atoms with van der Waals surface area (Å²) in [6.07, 6.45) is 0. The van der Waals surface area contributed by atoms with E-state index >= 15 is 0 Å². The number of nitrogens with one attached hydrogen (secondary N) is 1. The molecular weight excluding hydrogens is 462 g/mol. The number of aliphatic imine (C=N–C) groups is 1. The number of likely N-dealkylation sites (N-methyl/N-ethyl adjacent to an activating group) is 1. The molecule has 1 fully saturated rings. The van der Waals surface area contributed by atoms with Crippen molar-refractivity contribution >= 4 is 22.3 Å². The van der Waals surface area contributed by atoms with Crippen LogP contribution < -0.4 is 29.3 Å². The van der Waals surface area contributed by atoms with Crippen LogP contribution in [0.1, 0.15) is 22.0 Å². The molecule has 0 aliphatic carbocycles. The molecule has 2 aliphatic heterocycles. The van der Waals surface area contributed by atoms with E-state index in [1.807, 2.05) is 12.1 Å². The van der Waals surface area contributed by atoms with Gasteiger partial charge in [-0.1, -0.05) is 18.2 Å². The van der Waals surface area contributed by atoms with Crippen LogP contribution in [-0.2, 0) is 0 Å².